The Balaban J connectivity index is 2.73. The molecule has 4 heteroatoms. The molecule has 1 heterocycles. The van der Waals surface area contributed by atoms with E-state index in [1.165, 1.54) is 0 Å². The molecule has 0 radical (unpaired) electrons. The second-order valence-electron chi connectivity index (χ2n) is 3.73. The zero-order chi connectivity index (χ0) is 11.7. The number of aryl methyl sites for hydroxylation is 1. The largest absolute Gasteiger partial charge is 0.398 e. The molecule has 0 aliphatic heterocycles. The summed E-state index contributed by atoms with van der Waals surface area (Å²) >= 11 is 3.54. The van der Waals surface area contributed by atoms with Gasteiger partial charge in [0.05, 0.1) is 17.8 Å². The van der Waals surface area contributed by atoms with Crippen molar-refractivity contribution in [2.45, 2.75) is 13.5 Å². The van der Waals surface area contributed by atoms with Crippen LogP contribution in [-0.2, 0) is 11.3 Å². The van der Waals surface area contributed by atoms with Gasteiger partial charge in [0.1, 0.15) is 0 Å². The summed E-state index contributed by atoms with van der Waals surface area (Å²) in [5, 5.41) is 0.970. The van der Waals surface area contributed by atoms with Gasteiger partial charge in [-0.1, -0.05) is 12.1 Å². The minimum atomic E-state index is 0.473. The van der Waals surface area contributed by atoms with Gasteiger partial charge < -0.3 is 10.5 Å². The lowest BCUT2D eigenvalue weighted by molar-refractivity contribution is 0.182. The molecule has 0 fully saturated rings. The maximum absolute atomic E-state index is 5.99. The molecule has 2 aromatic rings. The van der Waals surface area contributed by atoms with Crippen LogP contribution >= 0.6 is 15.9 Å². The Labute approximate surface area is 103 Å². The molecule has 1 aromatic heterocycles. The van der Waals surface area contributed by atoms with Gasteiger partial charge in [0.15, 0.2) is 0 Å². The molecule has 84 valence electrons. The minimum absolute atomic E-state index is 0.473. The number of methoxy groups -OCH3 is 1. The Morgan fingerprint density at radius 2 is 2.19 bits per heavy atom. The summed E-state index contributed by atoms with van der Waals surface area (Å²) in [4.78, 5) is 4.53. The van der Waals surface area contributed by atoms with E-state index in [0.29, 0.717) is 6.61 Å². The van der Waals surface area contributed by atoms with Gasteiger partial charge in [-0.25, -0.2) is 4.98 Å². The third-order valence-electron chi connectivity index (χ3n) is 2.49. The number of nitrogens with two attached hydrogens (primary N) is 1. The molecule has 0 unspecified atom stereocenters. The van der Waals surface area contributed by atoms with Gasteiger partial charge in [0.2, 0.25) is 0 Å². The topological polar surface area (TPSA) is 48.1 Å². The van der Waals surface area contributed by atoms with Crippen LogP contribution in [0.1, 0.15) is 11.3 Å². The molecule has 2 N–H and O–H groups in total. The Bertz CT molecular complexity index is 540. The Hall–Kier alpha value is -1.13. The van der Waals surface area contributed by atoms with E-state index < -0.39 is 0 Å². The molecular weight excluding hydrogens is 268 g/mol. The van der Waals surface area contributed by atoms with Crippen LogP contribution in [0.3, 0.4) is 0 Å². The van der Waals surface area contributed by atoms with E-state index >= 15 is 0 Å². The van der Waals surface area contributed by atoms with E-state index in [0.717, 1.165) is 32.3 Å². The van der Waals surface area contributed by atoms with Crippen LogP contribution in [0.5, 0.6) is 0 Å². The second-order valence-corrected chi connectivity index (χ2v) is 4.52. The van der Waals surface area contributed by atoms with Gasteiger partial charge in [-0.15, -0.1) is 0 Å². The first kappa shape index (κ1) is 11.4. The number of aromatic nitrogens is 1. The highest BCUT2D eigenvalue weighted by atomic mass is 79.9. The van der Waals surface area contributed by atoms with E-state index in [9.17, 15) is 0 Å². The molecule has 1 aromatic carbocycles. The normalized spacial score (nSPS) is 10.9. The number of anilines is 1. The maximum Gasteiger partial charge on any atom is 0.0885 e. The molecule has 0 aliphatic carbocycles. The van der Waals surface area contributed by atoms with Crippen molar-refractivity contribution in [1.29, 1.82) is 0 Å². The van der Waals surface area contributed by atoms with E-state index in [-0.39, 0.29) is 0 Å². The molecule has 0 saturated carbocycles. The van der Waals surface area contributed by atoms with Gasteiger partial charge in [0, 0.05) is 22.7 Å². The lowest BCUT2D eigenvalue weighted by atomic mass is 10.1. The fourth-order valence-electron chi connectivity index (χ4n) is 1.66. The van der Waals surface area contributed by atoms with Crippen LogP contribution in [0.15, 0.2) is 22.7 Å². The average Bonchev–Trinajstić information content (AvgIpc) is 2.25. The molecule has 0 bridgehead atoms. The van der Waals surface area contributed by atoms with E-state index in [2.05, 4.69) is 20.9 Å². The Morgan fingerprint density at radius 1 is 1.44 bits per heavy atom. The summed E-state index contributed by atoms with van der Waals surface area (Å²) in [6, 6.07) is 5.88. The molecule has 2 rings (SSSR count). The smallest absolute Gasteiger partial charge is 0.0885 e. The van der Waals surface area contributed by atoms with Crippen molar-refractivity contribution in [3.63, 3.8) is 0 Å². The first-order valence-corrected chi connectivity index (χ1v) is 5.76. The highest BCUT2D eigenvalue weighted by Gasteiger charge is 2.08. The summed E-state index contributed by atoms with van der Waals surface area (Å²) in [5.74, 6) is 0. The molecule has 3 nitrogen and oxygen atoms in total. The van der Waals surface area contributed by atoms with Crippen molar-refractivity contribution < 1.29 is 4.74 Å². The molecule has 0 atom stereocenters. The van der Waals surface area contributed by atoms with E-state index in [4.69, 9.17) is 10.5 Å². The van der Waals surface area contributed by atoms with Crippen molar-refractivity contribution in [1.82, 2.24) is 4.98 Å². The highest BCUT2D eigenvalue weighted by molar-refractivity contribution is 9.10. The lowest BCUT2D eigenvalue weighted by Gasteiger charge is -2.08. The fourth-order valence-corrected chi connectivity index (χ4v) is 2.10. The van der Waals surface area contributed by atoms with Gasteiger partial charge >= 0.3 is 0 Å². The van der Waals surface area contributed by atoms with Gasteiger partial charge in [-0.05, 0) is 34.5 Å². The predicted molar refractivity (Wildman–Crippen MR) is 69.3 cm³/mol. The number of fused-ring (bicyclic) bond motifs is 1. The Kier molecular flexibility index (Phi) is 3.12. The number of pyridine rings is 1. The SMILES string of the molecule is COCc1cc(N)c2ccc(C)c(Br)c2n1. The Morgan fingerprint density at radius 3 is 2.88 bits per heavy atom. The zero-order valence-corrected chi connectivity index (χ0v) is 10.8. The van der Waals surface area contributed by atoms with Crippen molar-refractivity contribution in [3.05, 3.63) is 33.9 Å². The molecule has 0 amide bonds. The van der Waals surface area contributed by atoms with Gasteiger partial charge in [-0.3, -0.25) is 0 Å². The summed E-state index contributed by atoms with van der Waals surface area (Å²) in [6.07, 6.45) is 0. The fraction of sp³-hybridized carbons (Fsp3) is 0.250. The lowest BCUT2D eigenvalue weighted by Crippen LogP contribution is -1.98. The number of benzene rings is 1. The van der Waals surface area contributed by atoms with Crippen molar-refractivity contribution >= 4 is 32.5 Å². The predicted octanol–water partition coefficient (Wildman–Crippen LogP) is 3.03. The summed E-state index contributed by atoms with van der Waals surface area (Å²) in [5.41, 5.74) is 9.61. The zero-order valence-electron chi connectivity index (χ0n) is 9.25. The number of hydrogen-bond acceptors (Lipinski definition) is 3. The van der Waals surface area contributed by atoms with Crippen LogP contribution in [0.2, 0.25) is 0 Å². The number of halogens is 1. The summed E-state index contributed by atoms with van der Waals surface area (Å²) in [7, 11) is 1.65. The van der Waals surface area contributed by atoms with Crippen molar-refractivity contribution in [2.75, 3.05) is 12.8 Å². The van der Waals surface area contributed by atoms with E-state index in [1.54, 1.807) is 7.11 Å². The standard InChI is InChI=1S/C12H13BrN2O/c1-7-3-4-9-10(14)5-8(6-16-2)15-12(9)11(7)13/h3-5H,6H2,1-2H3,(H2,14,15). The van der Waals surface area contributed by atoms with Crippen LogP contribution in [0.25, 0.3) is 10.9 Å². The molecule has 0 spiro atoms. The first-order valence-electron chi connectivity index (χ1n) is 4.96. The van der Waals surface area contributed by atoms with Crippen LogP contribution in [-0.4, -0.2) is 12.1 Å². The summed E-state index contributed by atoms with van der Waals surface area (Å²) < 4.78 is 6.06. The van der Waals surface area contributed by atoms with E-state index in [1.807, 2.05) is 25.1 Å². The number of hydrogen-bond donors (Lipinski definition) is 1. The quantitative estimate of drug-likeness (QED) is 0.920. The maximum atomic E-state index is 5.99. The van der Waals surface area contributed by atoms with Crippen molar-refractivity contribution in [3.8, 4) is 0 Å². The van der Waals surface area contributed by atoms with Crippen molar-refractivity contribution in [2.24, 2.45) is 0 Å². The number of nitrogens with zero attached hydrogens (tertiary/aromatic N) is 1. The molecular formula is C12H13BrN2O. The first-order chi connectivity index (χ1) is 7.63. The second kappa shape index (κ2) is 4.39. The molecule has 0 aliphatic rings. The van der Waals surface area contributed by atoms with Gasteiger partial charge in [0.25, 0.3) is 0 Å². The van der Waals surface area contributed by atoms with Gasteiger partial charge in [-0.2, -0.15) is 0 Å². The highest BCUT2D eigenvalue weighted by Crippen LogP contribution is 2.29. The third kappa shape index (κ3) is 1.90. The molecule has 16 heavy (non-hydrogen) atoms. The monoisotopic (exact) mass is 280 g/mol. The molecule has 0 saturated heterocycles. The minimum Gasteiger partial charge on any atom is -0.398 e. The number of ether oxygens (including phenoxy) is 1. The average molecular weight is 281 g/mol. The summed E-state index contributed by atoms with van der Waals surface area (Å²) in [6.45, 7) is 2.50. The van der Waals surface area contributed by atoms with Crippen LogP contribution < -0.4 is 5.73 Å². The third-order valence-corrected chi connectivity index (χ3v) is 3.49. The number of rotatable bonds is 2. The van der Waals surface area contributed by atoms with Crippen LogP contribution in [0, 0.1) is 6.92 Å². The number of nitrogen functional groups attached to an aromatic ring is 1. The van der Waals surface area contributed by atoms with Crippen LogP contribution in [0.4, 0.5) is 5.69 Å².